The molecule has 0 fully saturated rings. The minimum atomic E-state index is -0.401. The van der Waals surface area contributed by atoms with Gasteiger partial charge in [0.1, 0.15) is 0 Å². The SMILES string of the molecule is CCCCCCCCCCCC(=O)Oc1ccc(N=Nc2ccc(C(=O)OCCC)cc2)ccc1=O. The van der Waals surface area contributed by atoms with Crippen molar-refractivity contribution in [2.45, 2.75) is 84.5 Å². The van der Waals surface area contributed by atoms with E-state index in [1.807, 2.05) is 6.92 Å². The van der Waals surface area contributed by atoms with Crippen molar-refractivity contribution in [2.75, 3.05) is 6.61 Å². The Morgan fingerprint density at radius 1 is 0.694 bits per heavy atom. The van der Waals surface area contributed by atoms with Gasteiger partial charge in [-0.25, -0.2) is 4.79 Å². The van der Waals surface area contributed by atoms with Crippen molar-refractivity contribution in [3.05, 3.63) is 64.3 Å². The first kappa shape index (κ1) is 28.9. The van der Waals surface area contributed by atoms with Gasteiger partial charge in [0.25, 0.3) is 0 Å². The van der Waals surface area contributed by atoms with Crippen LogP contribution in [-0.2, 0) is 9.53 Å². The molecule has 194 valence electrons. The summed E-state index contributed by atoms with van der Waals surface area (Å²) in [5.41, 5.74) is 1.02. The van der Waals surface area contributed by atoms with Gasteiger partial charge in [0.05, 0.1) is 23.5 Å². The van der Waals surface area contributed by atoms with Crippen LogP contribution in [0.15, 0.2) is 63.6 Å². The maximum Gasteiger partial charge on any atom is 0.338 e. The van der Waals surface area contributed by atoms with E-state index in [0.29, 0.717) is 30.0 Å². The van der Waals surface area contributed by atoms with Crippen molar-refractivity contribution in [3.8, 4) is 5.75 Å². The van der Waals surface area contributed by atoms with Crippen LogP contribution in [0.3, 0.4) is 0 Å². The van der Waals surface area contributed by atoms with E-state index in [0.717, 1.165) is 25.7 Å². The largest absolute Gasteiger partial charge is 0.462 e. The third-order valence-electron chi connectivity index (χ3n) is 5.58. The molecule has 0 aliphatic carbocycles. The minimum absolute atomic E-state index is 0.0210. The summed E-state index contributed by atoms with van der Waals surface area (Å²) in [5, 5.41) is 8.27. The first-order chi connectivity index (χ1) is 17.5. The number of carbonyl (C=O) groups excluding carboxylic acids is 2. The second-order valence-corrected chi connectivity index (χ2v) is 8.76. The van der Waals surface area contributed by atoms with Crippen LogP contribution in [0.25, 0.3) is 0 Å². The molecular weight excluding hydrogens is 456 g/mol. The molecule has 2 aromatic rings. The zero-order chi connectivity index (χ0) is 26.0. The van der Waals surface area contributed by atoms with Gasteiger partial charge in [0.2, 0.25) is 5.43 Å². The molecule has 7 heteroatoms. The molecule has 0 saturated carbocycles. The van der Waals surface area contributed by atoms with Gasteiger partial charge in [-0.05, 0) is 61.4 Å². The smallest absolute Gasteiger partial charge is 0.338 e. The van der Waals surface area contributed by atoms with Gasteiger partial charge in [-0.15, -0.1) is 0 Å². The van der Waals surface area contributed by atoms with Crippen molar-refractivity contribution < 1.29 is 19.1 Å². The van der Waals surface area contributed by atoms with Gasteiger partial charge in [-0.2, -0.15) is 10.2 Å². The van der Waals surface area contributed by atoms with Gasteiger partial charge in [-0.1, -0.05) is 65.2 Å². The summed E-state index contributed by atoms with van der Waals surface area (Å²) in [4.78, 5) is 36.3. The van der Waals surface area contributed by atoms with Crippen LogP contribution in [0.5, 0.6) is 5.75 Å². The highest BCUT2D eigenvalue weighted by Crippen LogP contribution is 2.19. The number of nitrogens with zero attached hydrogens (tertiary/aromatic N) is 2. The molecule has 0 heterocycles. The molecule has 7 nitrogen and oxygen atoms in total. The van der Waals surface area contributed by atoms with Crippen molar-refractivity contribution in [1.29, 1.82) is 0 Å². The van der Waals surface area contributed by atoms with E-state index in [1.165, 1.54) is 56.7 Å². The molecule has 0 amide bonds. The zero-order valence-electron chi connectivity index (χ0n) is 21.5. The Bertz CT molecular complexity index is 1030. The molecule has 0 saturated heterocycles. The summed E-state index contributed by atoms with van der Waals surface area (Å²) in [7, 11) is 0. The first-order valence-electron chi connectivity index (χ1n) is 13.1. The van der Waals surface area contributed by atoms with Gasteiger partial charge < -0.3 is 9.47 Å². The van der Waals surface area contributed by atoms with Crippen LogP contribution < -0.4 is 10.2 Å². The molecule has 0 aliphatic rings. The second kappa shape index (κ2) is 17.1. The lowest BCUT2D eigenvalue weighted by molar-refractivity contribution is -0.134. The van der Waals surface area contributed by atoms with Crippen LogP contribution in [0, 0.1) is 0 Å². The maximum absolute atomic E-state index is 12.3. The Kier molecular flexibility index (Phi) is 13.8. The Labute approximate surface area is 213 Å². The molecule has 0 spiro atoms. The fourth-order valence-electron chi connectivity index (χ4n) is 3.50. The number of ether oxygens (including phenoxy) is 2. The van der Waals surface area contributed by atoms with Crippen molar-refractivity contribution in [3.63, 3.8) is 0 Å². The molecule has 0 aliphatic heterocycles. The third kappa shape index (κ3) is 11.4. The molecule has 0 aromatic heterocycles. The van der Waals surface area contributed by atoms with Crippen LogP contribution in [-0.4, -0.2) is 18.5 Å². The number of benzene rings is 1. The van der Waals surface area contributed by atoms with Gasteiger partial charge in [0.15, 0.2) is 5.75 Å². The molecule has 0 N–H and O–H groups in total. The number of rotatable bonds is 16. The molecule has 0 atom stereocenters. The van der Waals surface area contributed by atoms with Gasteiger partial charge >= 0.3 is 11.9 Å². The predicted octanol–water partition coefficient (Wildman–Crippen LogP) is 7.86. The second-order valence-electron chi connectivity index (χ2n) is 8.76. The Hall–Kier alpha value is -3.35. The standard InChI is InChI=1S/C29H38N2O5/c1-3-5-6-7-8-9-10-11-12-13-28(33)36-27-21-19-25(18-20-26(27)32)31-30-24-16-14-23(15-17-24)29(34)35-22-4-2/h14-21H,3-13,22H2,1-2H3. The topological polar surface area (TPSA) is 94.4 Å². The zero-order valence-corrected chi connectivity index (χ0v) is 21.5. The van der Waals surface area contributed by atoms with E-state index in [1.54, 1.807) is 30.3 Å². The Morgan fingerprint density at radius 3 is 1.86 bits per heavy atom. The Balaban J connectivity index is 1.81. The Morgan fingerprint density at radius 2 is 1.25 bits per heavy atom. The number of azo groups is 1. The average molecular weight is 495 g/mol. The average Bonchev–Trinajstić information content (AvgIpc) is 3.06. The number of esters is 2. The highest BCUT2D eigenvalue weighted by atomic mass is 16.5. The number of unbranched alkanes of at least 4 members (excludes halogenated alkanes) is 8. The lowest BCUT2D eigenvalue weighted by atomic mass is 10.1. The molecule has 2 rings (SSSR count). The van der Waals surface area contributed by atoms with Gasteiger partial charge in [-0.3, -0.25) is 9.59 Å². The molecule has 0 unspecified atom stereocenters. The van der Waals surface area contributed by atoms with Crippen molar-refractivity contribution in [1.82, 2.24) is 0 Å². The summed E-state index contributed by atoms with van der Waals surface area (Å²) in [5.74, 6) is -0.799. The minimum Gasteiger partial charge on any atom is -0.462 e. The highest BCUT2D eigenvalue weighted by Gasteiger charge is 2.08. The number of carbonyl (C=O) groups is 2. The van der Waals surface area contributed by atoms with Crippen LogP contribution in [0.2, 0.25) is 0 Å². The van der Waals surface area contributed by atoms with E-state index in [4.69, 9.17) is 9.47 Å². The van der Waals surface area contributed by atoms with E-state index in [2.05, 4.69) is 17.2 Å². The summed E-state index contributed by atoms with van der Waals surface area (Å²) in [6.45, 7) is 4.53. The van der Waals surface area contributed by atoms with Crippen LogP contribution in [0.1, 0.15) is 94.8 Å². The van der Waals surface area contributed by atoms with Crippen molar-refractivity contribution >= 4 is 23.3 Å². The van der Waals surface area contributed by atoms with Crippen molar-refractivity contribution in [2.24, 2.45) is 10.2 Å². The monoisotopic (exact) mass is 494 g/mol. The predicted molar refractivity (Wildman–Crippen MR) is 141 cm³/mol. The summed E-state index contributed by atoms with van der Waals surface area (Å²) in [6.07, 6.45) is 11.5. The first-order valence-corrected chi connectivity index (χ1v) is 13.1. The summed E-state index contributed by atoms with van der Waals surface area (Å²) >= 11 is 0. The molecule has 36 heavy (non-hydrogen) atoms. The van der Waals surface area contributed by atoms with E-state index < -0.39 is 11.4 Å². The summed E-state index contributed by atoms with van der Waals surface area (Å²) < 4.78 is 10.4. The normalized spacial score (nSPS) is 10.9. The van der Waals surface area contributed by atoms with Crippen LogP contribution in [0.4, 0.5) is 11.4 Å². The molecule has 0 bridgehead atoms. The fraction of sp³-hybridized carbons (Fsp3) is 0.483. The van der Waals surface area contributed by atoms with E-state index >= 15 is 0 Å². The van der Waals surface area contributed by atoms with Crippen LogP contribution >= 0.6 is 0 Å². The summed E-state index contributed by atoms with van der Waals surface area (Å²) in [6, 6.07) is 12.4. The number of hydrogen-bond acceptors (Lipinski definition) is 7. The molecule has 0 radical (unpaired) electrons. The van der Waals surface area contributed by atoms with Gasteiger partial charge in [0, 0.05) is 6.42 Å². The highest BCUT2D eigenvalue weighted by molar-refractivity contribution is 5.89. The lowest BCUT2D eigenvalue weighted by Gasteiger charge is -2.03. The molecule has 2 aromatic carbocycles. The third-order valence-corrected chi connectivity index (χ3v) is 5.58. The lowest BCUT2D eigenvalue weighted by Crippen LogP contribution is -2.12. The number of hydrogen-bond donors (Lipinski definition) is 0. The van der Waals surface area contributed by atoms with E-state index in [-0.39, 0.29) is 11.7 Å². The fourth-order valence-corrected chi connectivity index (χ4v) is 3.50. The quantitative estimate of drug-likeness (QED) is 0.134. The maximum atomic E-state index is 12.3. The van der Waals surface area contributed by atoms with E-state index in [9.17, 15) is 14.4 Å². The molecular formula is C29H38N2O5.